The predicted molar refractivity (Wildman–Crippen MR) is 82.1 cm³/mol. The fourth-order valence-electron chi connectivity index (χ4n) is 2.55. The molecule has 1 heterocycles. The van der Waals surface area contributed by atoms with E-state index in [2.05, 4.69) is 30.6 Å². The van der Waals surface area contributed by atoms with Crippen LogP contribution in [0.3, 0.4) is 0 Å². The molecule has 19 heavy (non-hydrogen) atoms. The van der Waals surface area contributed by atoms with Crippen LogP contribution in [0.2, 0.25) is 0 Å². The van der Waals surface area contributed by atoms with Gasteiger partial charge < -0.3 is 5.32 Å². The van der Waals surface area contributed by atoms with Gasteiger partial charge in [0.15, 0.2) is 0 Å². The van der Waals surface area contributed by atoms with Crippen molar-refractivity contribution in [2.75, 3.05) is 12.4 Å². The molecule has 0 spiro atoms. The SMILES string of the molecule is CC(C)(CCCl)CNC(=O)C1CCCc2sccc21. The zero-order valence-corrected chi connectivity index (χ0v) is 13.2. The van der Waals surface area contributed by atoms with Crippen molar-refractivity contribution in [3.05, 3.63) is 21.9 Å². The van der Waals surface area contributed by atoms with E-state index in [1.807, 2.05) is 0 Å². The molecule has 0 aliphatic heterocycles. The summed E-state index contributed by atoms with van der Waals surface area (Å²) in [6.07, 6.45) is 4.15. The molecule has 0 fully saturated rings. The first kappa shape index (κ1) is 14.9. The molecule has 1 unspecified atom stereocenters. The third-order valence-electron chi connectivity index (χ3n) is 3.88. The predicted octanol–water partition coefficient (Wildman–Crippen LogP) is 3.94. The standard InChI is InChI=1S/C15H22ClNOS/c1-15(2,7-8-16)10-17-14(18)12-4-3-5-13-11(12)6-9-19-13/h6,9,12H,3-5,7-8,10H2,1-2H3,(H,17,18). The Bertz CT molecular complexity index is 441. The lowest BCUT2D eigenvalue weighted by molar-refractivity contribution is -0.123. The first-order chi connectivity index (χ1) is 9.03. The van der Waals surface area contributed by atoms with Crippen molar-refractivity contribution in [1.29, 1.82) is 0 Å². The largest absolute Gasteiger partial charge is 0.355 e. The average Bonchev–Trinajstić information content (AvgIpc) is 2.84. The normalized spacial score (nSPS) is 19.0. The van der Waals surface area contributed by atoms with Gasteiger partial charge in [0, 0.05) is 17.3 Å². The molecule has 2 rings (SSSR count). The van der Waals surface area contributed by atoms with E-state index in [1.165, 1.54) is 10.4 Å². The molecule has 1 amide bonds. The maximum absolute atomic E-state index is 12.4. The Morgan fingerprint density at radius 2 is 2.37 bits per heavy atom. The maximum atomic E-state index is 12.4. The Morgan fingerprint density at radius 1 is 1.58 bits per heavy atom. The number of aryl methyl sites for hydroxylation is 1. The van der Waals surface area contributed by atoms with Crippen molar-refractivity contribution in [3.8, 4) is 0 Å². The van der Waals surface area contributed by atoms with E-state index in [-0.39, 0.29) is 17.2 Å². The monoisotopic (exact) mass is 299 g/mol. The van der Waals surface area contributed by atoms with Crippen molar-refractivity contribution >= 4 is 28.8 Å². The number of hydrogen-bond acceptors (Lipinski definition) is 2. The quantitative estimate of drug-likeness (QED) is 0.820. The molecule has 1 aromatic heterocycles. The van der Waals surface area contributed by atoms with Crippen LogP contribution in [0.4, 0.5) is 0 Å². The number of thiophene rings is 1. The van der Waals surface area contributed by atoms with Gasteiger partial charge in [-0.1, -0.05) is 13.8 Å². The van der Waals surface area contributed by atoms with Gasteiger partial charge in [-0.05, 0) is 48.1 Å². The number of rotatable bonds is 5. The van der Waals surface area contributed by atoms with Gasteiger partial charge in [-0.3, -0.25) is 4.79 Å². The minimum atomic E-state index is 0.0572. The van der Waals surface area contributed by atoms with Gasteiger partial charge in [-0.25, -0.2) is 0 Å². The molecule has 4 heteroatoms. The molecular formula is C15H22ClNOS. The molecule has 0 saturated carbocycles. The van der Waals surface area contributed by atoms with Gasteiger partial charge in [-0.15, -0.1) is 22.9 Å². The number of carbonyl (C=O) groups excluding carboxylic acids is 1. The maximum Gasteiger partial charge on any atom is 0.227 e. The van der Waals surface area contributed by atoms with E-state index < -0.39 is 0 Å². The average molecular weight is 300 g/mol. The second-order valence-electron chi connectivity index (χ2n) is 6.06. The zero-order valence-electron chi connectivity index (χ0n) is 11.7. The number of carbonyl (C=O) groups is 1. The summed E-state index contributed by atoms with van der Waals surface area (Å²) in [7, 11) is 0. The molecule has 1 aliphatic rings. The topological polar surface area (TPSA) is 29.1 Å². The van der Waals surface area contributed by atoms with Gasteiger partial charge in [0.25, 0.3) is 0 Å². The Labute approximate surface area is 124 Å². The number of hydrogen-bond donors (Lipinski definition) is 1. The van der Waals surface area contributed by atoms with Crippen LogP contribution in [0.5, 0.6) is 0 Å². The molecule has 1 aliphatic carbocycles. The summed E-state index contributed by atoms with van der Waals surface area (Å²) in [6.45, 7) is 4.99. The van der Waals surface area contributed by atoms with Crippen LogP contribution in [-0.2, 0) is 11.2 Å². The molecule has 1 atom stereocenters. The smallest absolute Gasteiger partial charge is 0.227 e. The molecular weight excluding hydrogens is 278 g/mol. The van der Waals surface area contributed by atoms with Crippen LogP contribution in [-0.4, -0.2) is 18.3 Å². The zero-order chi connectivity index (χ0) is 13.9. The number of nitrogens with one attached hydrogen (secondary N) is 1. The minimum Gasteiger partial charge on any atom is -0.355 e. The van der Waals surface area contributed by atoms with Crippen molar-refractivity contribution in [2.24, 2.45) is 5.41 Å². The van der Waals surface area contributed by atoms with Gasteiger partial charge in [0.2, 0.25) is 5.91 Å². The number of alkyl halides is 1. The molecule has 2 nitrogen and oxygen atoms in total. The van der Waals surface area contributed by atoms with Crippen molar-refractivity contribution in [2.45, 2.75) is 45.4 Å². The van der Waals surface area contributed by atoms with Crippen molar-refractivity contribution < 1.29 is 4.79 Å². The lowest BCUT2D eigenvalue weighted by atomic mass is 9.86. The molecule has 0 radical (unpaired) electrons. The third-order valence-corrected chi connectivity index (χ3v) is 5.07. The fourth-order valence-corrected chi connectivity index (χ4v) is 4.05. The summed E-state index contributed by atoms with van der Waals surface area (Å²) in [5, 5.41) is 5.22. The lowest BCUT2D eigenvalue weighted by Gasteiger charge is -2.27. The van der Waals surface area contributed by atoms with E-state index in [9.17, 15) is 4.79 Å². The van der Waals surface area contributed by atoms with Gasteiger partial charge in [-0.2, -0.15) is 0 Å². The highest BCUT2D eigenvalue weighted by Gasteiger charge is 2.28. The molecule has 0 aromatic carbocycles. The van der Waals surface area contributed by atoms with E-state index in [0.29, 0.717) is 12.4 Å². The summed E-state index contributed by atoms with van der Waals surface area (Å²) < 4.78 is 0. The summed E-state index contributed by atoms with van der Waals surface area (Å²) in [6, 6.07) is 2.12. The highest BCUT2D eigenvalue weighted by molar-refractivity contribution is 7.10. The van der Waals surface area contributed by atoms with E-state index in [0.717, 1.165) is 25.7 Å². The van der Waals surface area contributed by atoms with Gasteiger partial charge >= 0.3 is 0 Å². The van der Waals surface area contributed by atoms with E-state index in [4.69, 9.17) is 11.6 Å². The summed E-state index contributed by atoms with van der Waals surface area (Å²) in [5.41, 5.74) is 1.33. The van der Waals surface area contributed by atoms with Crippen LogP contribution in [0.25, 0.3) is 0 Å². The Balaban J connectivity index is 1.95. The Kier molecular flexibility index (Phi) is 4.91. The number of amides is 1. The van der Waals surface area contributed by atoms with Crippen molar-refractivity contribution in [1.82, 2.24) is 5.32 Å². The second-order valence-corrected chi connectivity index (χ2v) is 7.44. The molecule has 1 aromatic rings. The van der Waals surface area contributed by atoms with Crippen LogP contribution in [0, 0.1) is 5.41 Å². The van der Waals surface area contributed by atoms with Crippen LogP contribution in [0.15, 0.2) is 11.4 Å². The summed E-state index contributed by atoms with van der Waals surface area (Å²) in [4.78, 5) is 13.8. The summed E-state index contributed by atoms with van der Waals surface area (Å²) in [5.74, 6) is 0.879. The van der Waals surface area contributed by atoms with E-state index in [1.54, 1.807) is 11.3 Å². The first-order valence-corrected chi connectivity index (χ1v) is 8.35. The Hall–Kier alpha value is -0.540. The number of fused-ring (bicyclic) bond motifs is 1. The second kappa shape index (κ2) is 6.27. The Morgan fingerprint density at radius 3 is 3.11 bits per heavy atom. The first-order valence-electron chi connectivity index (χ1n) is 6.93. The molecule has 0 saturated heterocycles. The third kappa shape index (κ3) is 3.73. The van der Waals surface area contributed by atoms with Gasteiger partial charge in [0.1, 0.15) is 0 Å². The van der Waals surface area contributed by atoms with Crippen molar-refractivity contribution in [3.63, 3.8) is 0 Å². The van der Waals surface area contributed by atoms with Crippen LogP contribution >= 0.6 is 22.9 Å². The number of halogens is 1. The minimum absolute atomic E-state index is 0.0572. The summed E-state index contributed by atoms with van der Waals surface area (Å²) >= 11 is 7.57. The van der Waals surface area contributed by atoms with Crippen LogP contribution in [0.1, 0.15) is 49.5 Å². The molecule has 106 valence electrons. The highest BCUT2D eigenvalue weighted by atomic mass is 35.5. The van der Waals surface area contributed by atoms with Crippen LogP contribution < -0.4 is 5.32 Å². The van der Waals surface area contributed by atoms with E-state index >= 15 is 0 Å². The fraction of sp³-hybridized carbons (Fsp3) is 0.667. The van der Waals surface area contributed by atoms with Gasteiger partial charge in [0.05, 0.1) is 5.92 Å². The molecule has 1 N–H and O–H groups in total. The lowest BCUT2D eigenvalue weighted by Crippen LogP contribution is -2.37. The molecule has 0 bridgehead atoms. The highest BCUT2D eigenvalue weighted by Crippen LogP contribution is 2.35.